The van der Waals surface area contributed by atoms with Crippen LogP contribution in [0.5, 0.6) is 0 Å². The molecule has 0 atom stereocenters. The van der Waals surface area contributed by atoms with Crippen molar-refractivity contribution in [3.8, 4) is 11.3 Å². The first kappa shape index (κ1) is 17.6. The van der Waals surface area contributed by atoms with Gasteiger partial charge in [-0.25, -0.2) is 13.4 Å². The van der Waals surface area contributed by atoms with Gasteiger partial charge in [0.05, 0.1) is 10.6 Å². The van der Waals surface area contributed by atoms with E-state index in [9.17, 15) is 13.2 Å². The number of thiazole rings is 1. The van der Waals surface area contributed by atoms with Gasteiger partial charge in [0.1, 0.15) is 5.75 Å². The zero-order valence-electron chi connectivity index (χ0n) is 12.8. The lowest BCUT2D eigenvalue weighted by Crippen LogP contribution is -2.22. The highest BCUT2D eigenvalue weighted by molar-refractivity contribution is 7.92. The molecule has 0 aliphatic rings. The number of hydrogen-bond acceptors (Lipinski definition) is 5. The Morgan fingerprint density at radius 2 is 1.76 bits per heavy atom. The second-order valence-corrected chi connectivity index (χ2v) is 8.45. The molecule has 1 amide bonds. The summed E-state index contributed by atoms with van der Waals surface area (Å²) in [7, 11) is -3.74. The molecule has 0 aliphatic carbocycles. The maximum absolute atomic E-state index is 12.2. The maximum atomic E-state index is 12.2. The monoisotopic (exact) mass is 392 g/mol. The van der Waals surface area contributed by atoms with Crippen molar-refractivity contribution in [1.82, 2.24) is 4.98 Å². The summed E-state index contributed by atoms with van der Waals surface area (Å²) in [4.78, 5) is 16.4. The summed E-state index contributed by atoms with van der Waals surface area (Å²) in [5, 5.41) is 5.12. The lowest BCUT2D eigenvalue weighted by molar-refractivity contribution is -0.113. The third-order valence-corrected chi connectivity index (χ3v) is 5.96. The highest BCUT2D eigenvalue weighted by atomic mass is 35.5. The van der Waals surface area contributed by atoms with E-state index >= 15 is 0 Å². The van der Waals surface area contributed by atoms with Crippen molar-refractivity contribution in [2.24, 2.45) is 0 Å². The lowest BCUT2D eigenvalue weighted by Gasteiger charge is -2.04. The number of rotatable bonds is 5. The first-order chi connectivity index (χ1) is 11.9. The molecule has 0 spiro atoms. The van der Waals surface area contributed by atoms with Crippen molar-refractivity contribution in [1.29, 1.82) is 0 Å². The molecule has 1 aromatic heterocycles. The minimum absolute atomic E-state index is 0.0520. The van der Waals surface area contributed by atoms with Crippen LogP contribution >= 0.6 is 22.9 Å². The van der Waals surface area contributed by atoms with Gasteiger partial charge in [0.2, 0.25) is 5.91 Å². The normalized spacial score (nSPS) is 11.2. The van der Waals surface area contributed by atoms with Crippen LogP contribution in [-0.4, -0.2) is 25.1 Å². The van der Waals surface area contributed by atoms with E-state index in [1.54, 1.807) is 5.38 Å². The van der Waals surface area contributed by atoms with E-state index in [-0.39, 0.29) is 4.90 Å². The van der Waals surface area contributed by atoms with Crippen molar-refractivity contribution in [2.45, 2.75) is 4.90 Å². The SMILES string of the molecule is O=C(CS(=O)(=O)c1ccc(Cl)cc1)Nc1nc(-c2ccccc2)cs1. The van der Waals surface area contributed by atoms with E-state index in [2.05, 4.69) is 10.3 Å². The van der Waals surface area contributed by atoms with E-state index in [1.807, 2.05) is 30.3 Å². The molecular weight excluding hydrogens is 380 g/mol. The minimum atomic E-state index is -3.74. The summed E-state index contributed by atoms with van der Waals surface area (Å²) in [6.45, 7) is 0. The van der Waals surface area contributed by atoms with Crippen LogP contribution in [0.25, 0.3) is 11.3 Å². The zero-order chi connectivity index (χ0) is 17.9. The topological polar surface area (TPSA) is 76.1 Å². The Hall–Kier alpha value is -2.22. The largest absolute Gasteiger partial charge is 0.301 e. The number of sulfone groups is 1. The predicted molar refractivity (Wildman–Crippen MR) is 99.7 cm³/mol. The van der Waals surface area contributed by atoms with Crippen molar-refractivity contribution in [2.75, 3.05) is 11.1 Å². The Morgan fingerprint density at radius 3 is 2.44 bits per heavy atom. The molecule has 0 bridgehead atoms. The third kappa shape index (κ3) is 4.45. The summed E-state index contributed by atoms with van der Waals surface area (Å²) < 4.78 is 24.5. The fourth-order valence-electron chi connectivity index (χ4n) is 2.13. The molecule has 128 valence electrons. The Morgan fingerprint density at radius 1 is 1.08 bits per heavy atom. The molecule has 1 heterocycles. The Kier molecular flexibility index (Phi) is 5.17. The number of nitrogens with zero attached hydrogens (tertiary/aromatic N) is 1. The molecule has 0 radical (unpaired) electrons. The number of benzene rings is 2. The number of hydrogen-bond donors (Lipinski definition) is 1. The van der Waals surface area contributed by atoms with Crippen LogP contribution in [0.3, 0.4) is 0 Å². The molecule has 3 rings (SSSR count). The van der Waals surface area contributed by atoms with Gasteiger partial charge in [0.15, 0.2) is 15.0 Å². The number of carbonyl (C=O) groups is 1. The van der Waals surface area contributed by atoms with E-state index < -0.39 is 21.5 Å². The van der Waals surface area contributed by atoms with Crippen LogP contribution in [0.2, 0.25) is 5.02 Å². The molecule has 0 aliphatic heterocycles. The average Bonchev–Trinajstić information content (AvgIpc) is 3.04. The molecule has 0 fully saturated rings. The molecule has 3 aromatic rings. The van der Waals surface area contributed by atoms with Gasteiger partial charge in [-0.3, -0.25) is 4.79 Å². The molecule has 0 unspecified atom stereocenters. The molecule has 5 nitrogen and oxygen atoms in total. The van der Waals surface area contributed by atoms with Crippen molar-refractivity contribution >= 4 is 43.8 Å². The zero-order valence-corrected chi connectivity index (χ0v) is 15.2. The molecular formula is C17H13ClN2O3S2. The number of carbonyl (C=O) groups excluding carboxylic acids is 1. The quantitative estimate of drug-likeness (QED) is 0.714. The maximum Gasteiger partial charge on any atom is 0.241 e. The van der Waals surface area contributed by atoms with Crippen LogP contribution in [0.4, 0.5) is 5.13 Å². The standard InChI is InChI=1S/C17H13ClN2O3S2/c18-13-6-8-14(9-7-13)25(22,23)11-16(21)20-17-19-15(10-24-17)12-4-2-1-3-5-12/h1-10H,11H2,(H,19,20,21). The van der Waals surface area contributed by atoms with Gasteiger partial charge in [-0.05, 0) is 24.3 Å². The van der Waals surface area contributed by atoms with Gasteiger partial charge in [-0.1, -0.05) is 41.9 Å². The van der Waals surface area contributed by atoms with Crippen LogP contribution in [-0.2, 0) is 14.6 Å². The Bertz CT molecular complexity index is 984. The van der Waals surface area contributed by atoms with Crippen LogP contribution in [0.1, 0.15) is 0 Å². The summed E-state index contributed by atoms with van der Waals surface area (Å²) in [5.74, 6) is -1.29. The van der Waals surface area contributed by atoms with Gasteiger partial charge in [0.25, 0.3) is 0 Å². The van der Waals surface area contributed by atoms with Crippen molar-refractivity contribution in [3.63, 3.8) is 0 Å². The second kappa shape index (κ2) is 7.35. The van der Waals surface area contributed by atoms with Crippen LogP contribution in [0, 0.1) is 0 Å². The summed E-state index contributed by atoms with van der Waals surface area (Å²) in [5.41, 5.74) is 1.65. The van der Waals surface area contributed by atoms with Gasteiger partial charge in [-0.15, -0.1) is 11.3 Å². The van der Waals surface area contributed by atoms with Crippen LogP contribution < -0.4 is 5.32 Å². The smallest absolute Gasteiger partial charge is 0.241 e. The number of aromatic nitrogens is 1. The first-order valence-electron chi connectivity index (χ1n) is 7.23. The Balaban J connectivity index is 1.69. The van der Waals surface area contributed by atoms with Gasteiger partial charge < -0.3 is 5.32 Å². The molecule has 8 heteroatoms. The van der Waals surface area contributed by atoms with Gasteiger partial charge in [0, 0.05) is 16.0 Å². The van der Waals surface area contributed by atoms with Gasteiger partial charge in [-0.2, -0.15) is 0 Å². The predicted octanol–water partition coefficient (Wildman–Crippen LogP) is 3.88. The molecule has 2 aromatic carbocycles. The Labute approximate surface area is 154 Å². The summed E-state index contributed by atoms with van der Waals surface area (Å²) >= 11 is 6.99. The van der Waals surface area contributed by atoms with Crippen LogP contribution in [0.15, 0.2) is 64.9 Å². The van der Waals surface area contributed by atoms with E-state index in [1.165, 1.54) is 35.6 Å². The van der Waals surface area contributed by atoms with Crippen molar-refractivity contribution < 1.29 is 13.2 Å². The molecule has 25 heavy (non-hydrogen) atoms. The third-order valence-electron chi connectivity index (χ3n) is 3.31. The highest BCUT2D eigenvalue weighted by Gasteiger charge is 2.20. The highest BCUT2D eigenvalue weighted by Crippen LogP contribution is 2.24. The first-order valence-corrected chi connectivity index (χ1v) is 10.1. The van der Waals surface area contributed by atoms with Crippen molar-refractivity contribution in [3.05, 3.63) is 65.0 Å². The number of nitrogens with one attached hydrogen (secondary N) is 1. The number of amides is 1. The van der Waals surface area contributed by atoms with E-state index in [0.29, 0.717) is 10.2 Å². The molecule has 1 N–H and O–H groups in total. The molecule has 0 saturated carbocycles. The minimum Gasteiger partial charge on any atom is -0.301 e. The van der Waals surface area contributed by atoms with E-state index in [4.69, 9.17) is 11.6 Å². The fourth-order valence-corrected chi connectivity index (χ4v) is 4.12. The van der Waals surface area contributed by atoms with Gasteiger partial charge >= 0.3 is 0 Å². The second-order valence-electron chi connectivity index (χ2n) is 5.17. The van der Waals surface area contributed by atoms with E-state index in [0.717, 1.165) is 11.3 Å². The molecule has 0 saturated heterocycles. The summed E-state index contributed by atoms with van der Waals surface area (Å²) in [6.07, 6.45) is 0. The number of anilines is 1. The fraction of sp³-hybridized carbons (Fsp3) is 0.0588. The summed E-state index contributed by atoms with van der Waals surface area (Å²) in [6, 6.07) is 15.2. The lowest BCUT2D eigenvalue weighted by atomic mass is 10.2. The average molecular weight is 393 g/mol. The number of halogens is 1.